The maximum atomic E-state index is 12.9. The summed E-state index contributed by atoms with van der Waals surface area (Å²) in [4.78, 5) is 72.8. The molecule has 0 bridgehead atoms. The van der Waals surface area contributed by atoms with Crippen molar-refractivity contribution in [2.45, 2.75) is 30.7 Å². The largest absolute Gasteiger partial charge is 0.493 e. The minimum atomic E-state index is -1.85. The van der Waals surface area contributed by atoms with Gasteiger partial charge in [-0.15, -0.1) is 58.0 Å². The third-order valence-corrected chi connectivity index (χ3v) is 6.49. The van der Waals surface area contributed by atoms with Crippen LogP contribution in [0.3, 0.4) is 0 Å². The van der Waals surface area contributed by atoms with Crippen molar-refractivity contribution in [1.82, 2.24) is 0 Å². The van der Waals surface area contributed by atoms with Crippen LogP contribution in [0.4, 0.5) is 0 Å². The van der Waals surface area contributed by atoms with Gasteiger partial charge in [-0.1, -0.05) is 6.07 Å². The van der Waals surface area contributed by atoms with Crippen LogP contribution in [0.2, 0.25) is 0 Å². The van der Waals surface area contributed by atoms with E-state index in [2.05, 4.69) is 0 Å². The molecule has 45 heavy (non-hydrogen) atoms. The van der Waals surface area contributed by atoms with Gasteiger partial charge in [0.25, 0.3) is 0 Å². The normalized spacial score (nSPS) is 20.9. The molecule has 0 aliphatic carbocycles. The highest BCUT2D eigenvalue weighted by molar-refractivity contribution is 6.27. The summed E-state index contributed by atoms with van der Waals surface area (Å²) in [5, 5.41) is 0. The summed E-state index contributed by atoms with van der Waals surface area (Å²) in [7, 11) is 1.32. The molecule has 1 heterocycles. The molecule has 1 saturated heterocycles. The van der Waals surface area contributed by atoms with Gasteiger partial charge in [-0.05, 0) is 23.8 Å². The van der Waals surface area contributed by atoms with Gasteiger partial charge in [0.05, 0.1) is 7.11 Å². The topological polar surface area (TPSA) is 176 Å². The lowest BCUT2D eigenvalue weighted by molar-refractivity contribution is -0.299. The Hall–Kier alpha value is -3.01. The highest BCUT2D eigenvalue weighted by atomic mass is 35.5. The molecule has 5 atom stereocenters. The predicted octanol–water partition coefficient (Wildman–Crippen LogP) is 2.35. The van der Waals surface area contributed by atoms with Crippen LogP contribution in [0.25, 0.3) is 6.08 Å². The van der Waals surface area contributed by atoms with Gasteiger partial charge in [0.1, 0.15) is 42.1 Å². The van der Waals surface area contributed by atoms with Gasteiger partial charge in [0, 0.05) is 6.08 Å². The fourth-order valence-corrected chi connectivity index (χ4v) is 3.93. The van der Waals surface area contributed by atoms with Gasteiger partial charge in [-0.2, -0.15) is 0 Å². The molecule has 248 valence electrons. The number of benzene rings is 1. The van der Waals surface area contributed by atoms with Crippen molar-refractivity contribution in [2.75, 3.05) is 43.1 Å². The van der Waals surface area contributed by atoms with Crippen LogP contribution in [0, 0.1) is 0 Å². The number of carbonyl (C=O) groups is 6. The second-order valence-electron chi connectivity index (χ2n) is 8.41. The Morgan fingerprint density at radius 3 is 1.82 bits per heavy atom. The lowest BCUT2D eigenvalue weighted by atomic mass is 9.98. The van der Waals surface area contributed by atoms with E-state index in [1.54, 1.807) is 0 Å². The lowest BCUT2D eigenvalue weighted by Crippen LogP contribution is -2.63. The Balaban J connectivity index is 2.43. The molecule has 0 spiro atoms. The third-order valence-electron chi connectivity index (χ3n) is 5.40. The summed E-state index contributed by atoms with van der Waals surface area (Å²) < 4.78 is 42.2. The molecule has 0 aromatic heterocycles. The van der Waals surface area contributed by atoms with Crippen molar-refractivity contribution in [3.05, 3.63) is 29.8 Å². The van der Waals surface area contributed by atoms with Crippen LogP contribution in [0.15, 0.2) is 24.3 Å². The van der Waals surface area contributed by atoms with Gasteiger partial charge in [0.15, 0.2) is 23.7 Å². The van der Waals surface area contributed by atoms with E-state index < -0.39 is 96.6 Å². The quantitative estimate of drug-likeness (QED) is 0.0843. The summed E-state index contributed by atoms with van der Waals surface area (Å²) in [5.74, 6) is -8.59. The Morgan fingerprint density at radius 1 is 0.711 bits per heavy atom. The van der Waals surface area contributed by atoms with E-state index in [1.807, 2.05) is 0 Å². The van der Waals surface area contributed by atoms with Gasteiger partial charge >= 0.3 is 35.8 Å². The number of ether oxygens (including phenoxy) is 8. The Labute approximate surface area is 280 Å². The number of methoxy groups -OCH3 is 1. The summed E-state index contributed by atoms with van der Waals surface area (Å²) in [6.45, 7) is -0.652. The number of halogens is 5. The van der Waals surface area contributed by atoms with Crippen LogP contribution in [0.1, 0.15) is 5.56 Å². The molecule has 19 heteroatoms. The smallest absolute Gasteiger partial charge is 0.333 e. The SMILES string of the molecule is COc1cc(/C=C/C(=O)O[C@@H]2O[C@H](COC(=O)CCl)[C@@H](OC(=O)CCl)[C@H](OC(=O)CCl)[C@H]2OC(=O)CCl)ccc1OC(=O)CCl. The van der Waals surface area contributed by atoms with Crippen molar-refractivity contribution < 1.29 is 66.7 Å². The van der Waals surface area contributed by atoms with Crippen molar-refractivity contribution >= 4 is 99.9 Å². The first-order valence-corrected chi connectivity index (χ1v) is 15.1. The molecule has 0 unspecified atom stereocenters. The summed E-state index contributed by atoms with van der Waals surface area (Å²) in [5.41, 5.74) is 0.386. The molecule has 1 aliphatic heterocycles. The highest BCUT2D eigenvalue weighted by Gasteiger charge is 2.54. The zero-order chi connectivity index (χ0) is 33.5. The molecule has 1 aliphatic rings. The van der Waals surface area contributed by atoms with E-state index in [1.165, 1.54) is 31.4 Å². The average molecular weight is 739 g/mol. The van der Waals surface area contributed by atoms with Gasteiger partial charge < -0.3 is 37.9 Å². The van der Waals surface area contributed by atoms with Gasteiger partial charge in [-0.3, -0.25) is 24.0 Å². The lowest BCUT2D eigenvalue weighted by Gasteiger charge is -2.43. The first-order chi connectivity index (χ1) is 21.5. The van der Waals surface area contributed by atoms with E-state index in [4.69, 9.17) is 95.9 Å². The molecule has 0 radical (unpaired) electrons. The van der Waals surface area contributed by atoms with E-state index in [9.17, 15) is 28.8 Å². The van der Waals surface area contributed by atoms with Gasteiger partial charge in [0.2, 0.25) is 12.4 Å². The minimum absolute atomic E-state index is 0.0743. The molecular formula is C26H25Cl5O14. The molecule has 0 saturated carbocycles. The summed E-state index contributed by atoms with van der Waals surface area (Å²) >= 11 is 27.7. The maximum absolute atomic E-state index is 12.9. The number of hydrogen-bond acceptors (Lipinski definition) is 14. The third kappa shape index (κ3) is 12.0. The number of carbonyl (C=O) groups excluding carboxylic acids is 6. The van der Waals surface area contributed by atoms with Crippen molar-refractivity contribution in [3.8, 4) is 11.5 Å². The van der Waals surface area contributed by atoms with Crippen LogP contribution in [-0.4, -0.2) is 110 Å². The van der Waals surface area contributed by atoms with E-state index in [0.717, 1.165) is 6.08 Å². The first kappa shape index (κ1) is 38.2. The fraction of sp³-hybridized carbons (Fsp3) is 0.462. The highest BCUT2D eigenvalue weighted by Crippen LogP contribution is 2.31. The Bertz CT molecular complexity index is 1260. The van der Waals surface area contributed by atoms with Gasteiger partial charge in [-0.25, -0.2) is 4.79 Å². The van der Waals surface area contributed by atoms with E-state index >= 15 is 0 Å². The zero-order valence-electron chi connectivity index (χ0n) is 23.1. The molecule has 0 amide bonds. The standard InChI is InChI=1S/C26H25Cl5O14/c1-38-15-6-13(2-4-14(15)40-19(34)8-28)3-5-17(32)45-26-25(44-22(37)11-31)24(43-21(36)10-30)23(42-20(35)9-29)16(41-26)12-39-18(33)7-27/h2-6,16,23-26H,7-12H2,1H3/b5-3+/t16-,23-,24+,25-,26+/m1/s1. The molecule has 14 nitrogen and oxygen atoms in total. The van der Waals surface area contributed by atoms with Crippen molar-refractivity contribution in [3.63, 3.8) is 0 Å². The molecule has 0 N–H and O–H groups in total. The zero-order valence-corrected chi connectivity index (χ0v) is 26.9. The number of alkyl halides is 5. The average Bonchev–Trinajstić information content (AvgIpc) is 3.04. The Morgan fingerprint density at radius 2 is 1.27 bits per heavy atom. The van der Waals surface area contributed by atoms with E-state index in [0.29, 0.717) is 5.56 Å². The molecular weight excluding hydrogens is 714 g/mol. The predicted molar refractivity (Wildman–Crippen MR) is 157 cm³/mol. The van der Waals surface area contributed by atoms with Crippen molar-refractivity contribution in [2.24, 2.45) is 0 Å². The van der Waals surface area contributed by atoms with E-state index in [-0.39, 0.29) is 17.4 Å². The number of hydrogen-bond donors (Lipinski definition) is 0. The summed E-state index contributed by atoms with van der Waals surface area (Å²) in [6, 6.07) is 4.30. The van der Waals surface area contributed by atoms with Crippen LogP contribution in [-0.2, 0) is 57.2 Å². The maximum Gasteiger partial charge on any atom is 0.333 e. The van der Waals surface area contributed by atoms with Crippen molar-refractivity contribution in [1.29, 1.82) is 0 Å². The fourth-order valence-electron chi connectivity index (χ4n) is 3.61. The molecule has 1 fully saturated rings. The van der Waals surface area contributed by atoms with Crippen LogP contribution >= 0.6 is 58.0 Å². The second-order valence-corrected chi connectivity index (χ2v) is 9.75. The molecule has 1 aromatic carbocycles. The Kier molecular flexibility index (Phi) is 16.5. The van der Waals surface area contributed by atoms with Crippen LogP contribution in [0.5, 0.6) is 11.5 Å². The first-order valence-electron chi connectivity index (χ1n) is 12.5. The number of esters is 6. The molecule has 1 aromatic rings. The monoisotopic (exact) mass is 736 g/mol. The van der Waals surface area contributed by atoms with Crippen LogP contribution < -0.4 is 9.47 Å². The second kappa shape index (κ2) is 19.5. The molecule has 2 rings (SSSR count). The minimum Gasteiger partial charge on any atom is -0.493 e. The summed E-state index contributed by atoms with van der Waals surface area (Å²) in [6.07, 6.45) is -6.20. The number of rotatable bonds is 15.